The molecule has 0 radical (unpaired) electrons. The first-order chi connectivity index (χ1) is 11.4. The van der Waals surface area contributed by atoms with Gasteiger partial charge in [-0.3, -0.25) is 9.69 Å². The Labute approximate surface area is 145 Å². The summed E-state index contributed by atoms with van der Waals surface area (Å²) in [6, 6.07) is 5.45. The number of hydrogen-bond acceptors (Lipinski definition) is 4. The van der Waals surface area contributed by atoms with Crippen molar-refractivity contribution in [2.45, 2.75) is 51.7 Å². The number of methoxy groups -OCH3 is 1. The largest absolute Gasteiger partial charge is 0.495 e. The third-order valence-electron chi connectivity index (χ3n) is 5.04. The van der Waals surface area contributed by atoms with Gasteiger partial charge in [-0.1, -0.05) is 18.9 Å². The summed E-state index contributed by atoms with van der Waals surface area (Å²) in [6.45, 7) is 4.61. The van der Waals surface area contributed by atoms with Crippen LogP contribution in [0.5, 0.6) is 5.75 Å². The van der Waals surface area contributed by atoms with E-state index in [-0.39, 0.29) is 24.0 Å². The van der Waals surface area contributed by atoms with Crippen LogP contribution in [0.3, 0.4) is 0 Å². The number of rotatable bonds is 6. The Bertz CT molecular complexity index is 562. The molecule has 0 aromatic heterocycles. The second-order valence-corrected chi connectivity index (χ2v) is 6.92. The number of ether oxygens (including phenoxy) is 1. The van der Waals surface area contributed by atoms with Crippen LogP contribution in [0, 0.1) is 12.8 Å². The van der Waals surface area contributed by atoms with Crippen molar-refractivity contribution in [3.63, 3.8) is 0 Å². The normalized spacial score (nSPS) is 22.2. The second-order valence-electron chi connectivity index (χ2n) is 6.92. The van der Waals surface area contributed by atoms with Gasteiger partial charge in [0, 0.05) is 6.54 Å². The van der Waals surface area contributed by atoms with E-state index >= 15 is 0 Å². The maximum absolute atomic E-state index is 12.6. The molecule has 0 aliphatic heterocycles. The summed E-state index contributed by atoms with van der Waals surface area (Å²) in [7, 11) is 3.54. The molecule has 2 rings (SSSR count). The van der Waals surface area contributed by atoms with Gasteiger partial charge in [0.2, 0.25) is 5.91 Å². The van der Waals surface area contributed by atoms with Crippen LogP contribution in [0.15, 0.2) is 18.2 Å². The molecule has 1 saturated carbocycles. The molecule has 1 aromatic rings. The Morgan fingerprint density at radius 2 is 2.12 bits per heavy atom. The highest BCUT2D eigenvalue weighted by Gasteiger charge is 2.27. The highest BCUT2D eigenvalue weighted by Crippen LogP contribution is 2.27. The third-order valence-corrected chi connectivity index (χ3v) is 5.04. The number of aliphatic hydroxyl groups excluding tert-OH is 1. The first-order valence-electron chi connectivity index (χ1n) is 8.76. The standard InChI is InChI=1S/C19H30N2O3/c1-13-9-10-18(24-4)16(11-13)20-19(23)14(2)21(3)12-15-7-5-6-8-17(15)22/h9-11,14-15,17,22H,5-8,12H2,1-4H3,(H,20,23). The van der Waals surface area contributed by atoms with E-state index in [9.17, 15) is 9.90 Å². The SMILES string of the molecule is COc1ccc(C)cc1NC(=O)C(C)N(C)CC1CCCCC1O. The van der Waals surface area contributed by atoms with Crippen molar-refractivity contribution in [1.82, 2.24) is 4.90 Å². The monoisotopic (exact) mass is 334 g/mol. The Kier molecular flexibility index (Phi) is 6.63. The Morgan fingerprint density at radius 3 is 2.79 bits per heavy atom. The van der Waals surface area contributed by atoms with Crippen molar-refractivity contribution in [2.75, 3.05) is 26.0 Å². The highest BCUT2D eigenvalue weighted by molar-refractivity contribution is 5.95. The Balaban J connectivity index is 1.97. The molecule has 1 fully saturated rings. The number of anilines is 1. The molecule has 1 aliphatic rings. The first kappa shape index (κ1) is 18.7. The van der Waals surface area contributed by atoms with Crippen LogP contribution in [0.2, 0.25) is 0 Å². The molecule has 3 unspecified atom stereocenters. The molecule has 0 spiro atoms. The molecular formula is C19H30N2O3. The van der Waals surface area contributed by atoms with Gasteiger partial charge < -0.3 is 15.2 Å². The molecule has 5 nitrogen and oxygen atoms in total. The van der Waals surface area contributed by atoms with Gasteiger partial charge in [0.1, 0.15) is 5.75 Å². The molecule has 134 valence electrons. The Hall–Kier alpha value is -1.59. The lowest BCUT2D eigenvalue weighted by Crippen LogP contribution is -2.44. The highest BCUT2D eigenvalue weighted by atomic mass is 16.5. The fourth-order valence-electron chi connectivity index (χ4n) is 3.29. The van der Waals surface area contributed by atoms with Crippen LogP contribution >= 0.6 is 0 Å². The number of aryl methyl sites for hydroxylation is 1. The maximum atomic E-state index is 12.6. The maximum Gasteiger partial charge on any atom is 0.241 e. The van der Waals surface area contributed by atoms with Crippen molar-refractivity contribution >= 4 is 11.6 Å². The number of benzene rings is 1. The minimum absolute atomic E-state index is 0.0632. The summed E-state index contributed by atoms with van der Waals surface area (Å²) in [5.41, 5.74) is 1.76. The lowest BCUT2D eigenvalue weighted by molar-refractivity contribution is -0.120. The molecular weight excluding hydrogens is 304 g/mol. The minimum Gasteiger partial charge on any atom is -0.495 e. The van der Waals surface area contributed by atoms with Crippen molar-refractivity contribution in [1.29, 1.82) is 0 Å². The average Bonchev–Trinajstić information content (AvgIpc) is 2.56. The zero-order chi connectivity index (χ0) is 17.7. The predicted molar refractivity (Wildman–Crippen MR) is 96.4 cm³/mol. The van der Waals surface area contributed by atoms with Gasteiger partial charge in [0.25, 0.3) is 0 Å². The van der Waals surface area contributed by atoms with Gasteiger partial charge in [0.05, 0.1) is 24.9 Å². The number of carbonyl (C=O) groups excluding carboxylic acids is 1. The smallest absolute Gasteiger partial charge is 0.241 e. The number of aliphatic hydroxyl groups is 1. The van der Waals surface area contributed by atoms with Crippen molar-refractivity contribution in [3.8, 4) is 5.75 Å². The number of amides is 1. The van der Waals surface area contributed by atoms with Gasteiger partial charge >= 0.3 is 0 Å². The van der Waals surface area contributed by atoms with E-state index in [2.05, 4.69) is 5.32 Å². The molecule has 1 aromatic carbocycles. The summed E-state index contributed by atoms with van der Waals surface area (Å²) in [5.74, 6) is 0.853. The fraction of sp³-hybridized carbons (Fsp3) is 0.632. The Morgan fingerprint density at radius 1 is 1.42 bits per heavy atom. The summed E-state index contributed by atoms with van der Waals surface area (Å²) in [6.07, 6.45) is 3.93. The van der Waals surface area contributed by atoms with Gasteiger partial charge in [0.15, 0.2) is 0 Å². The number of hydrogen-bond donors (Lipinski definition) is 2. The summed E-state index contributed by atoms with van der Waals surface area (Å²) < 4.78 is 5.32. The van der Waals surface area contributed by atoms with Crippen LogP contribution in [0.25, 0.3) is 0 Å². The van der Waals surface area contributed by atoms with E-state index in [0.29, 0.717) is 11.4 Å². The van der Waals surface area contributed by atoms with E-state index < -0.39 is 0 Å². The fourth-order valence-corrected chi connectivity index (χ4v) is 3.29. The number of carbonyl (C=O) groups is 1. The lowest BCUT2D eigenvalue weighted by Gasteiger charge is -2.33. The minimum atomic E-state index is -0.274. The van der Waals surface area contributed by atoms with Gasteiger partial charge in [-0.15, -0.1) is 0 Å². The number of likely N-dealkylation sites (N-methyl/N-ethyl adjacent to an activating group) is 1. The van der Waals surface area contributed by atoms with Gasteiger partial charge in [-0.05, 0) is 57.4 Å². The lowest BCUT2D eigenvalue weighted by atomic mass is 9.86. The van der Waals surface area contributed by atoms with Gasteiger partial charge in [-0.2, -0.15) is 0 Å². The van der Waals surface area contributed by atoms with E-state index in [0.717, 1.165) is 37.8 Å². The topological polar surface area (TPSA) is 61.8 Å². The molecule has 1 aliphatic carbocycles. The third kappa shape index (κ3) is 4.71. The molecule has 0 bridgehead atoms. The molecule has 24 heavy (non-hydrogen) atoms. The van der Waals surface area contributed by atoms with E-state index in [1.54, 1.807) is 7.11 Å². The van der Waals surface area contributed by atoms with Crippen molar-refractivity contribution in [3.05, 3.63) is 23.8 Å². The molecule has 1 amide bonds. The number of nitrogens with zero attached hydrogens (tertiary/aromatic N) is 1. The van der Waals surface area contributed by atoms with Crippen LogP contribution < -0.4 is 10.1 Å². The molecule has 3 atom stereocenters. The van der Waals surface area contributed by atoms with Crippen LogP contribution in [-0.4, -0.2) is 48.8 Å². The average molecular weight is 334 g/mol. The zero-order valence-electron chi connectivity index (χ0n) is 15.2. The van der Waals surface area contributed by atoms with Crippen molar-refractivity contribution < 1.29 is 14.6 Å². The van der Waals surface area contributed by atoms with E-state index in [1.165, 1.54) is 0 Å². The summed E-state index contributed by atoms with van der Waals surface area (Å²) in [5, 5.41) is 13.1. The van der Waals surface area contributed by atoms with Gasteiger partial charge in [-0.25, -0.2) is 0 Å². The molecule has 5 heteroatoms. The van der Waals surface area contributed by atoms with Crippen LogP contribution in [0.4, 0.5) is 5.69 Å². The first-order valence-corrected chi connectivity index (χ1v) is 8.76. The molecule has 0 saturated heterocycles. The number of nitrogens with one attached hydrogen (secondary N) is 1. The van der Waals surface area contributed by atoms with Crippen LogP contribution in [0.1, 0.15) is 38.2 Å². The molecule has 2 N–H and O–H groups in total. The summed E-state index contributed by atoms with van der Waals surface area (Å²) >= 11 is 0. The van der Waals surface area contributed by atoms with Crippen LogP contribution in [-0.2, 0) is 4.79 Å². The second kappa shape index (κ2) is 8.49. The quantitative estimate of drug-likeness (QED) is 0.840. The zero-order valence-corrected chi connectivity index (χ0v) is 15.2. The van der Waals surface area contributed by atoms with Crippen molar-refractivity contribution in [2.24, 2.45) is 5.92 Å². The van der Waals surface area contributed by atoms with E-state index in [4.69, 9.17) is 4.74 Å². The summed E-state index contributed by atoms with van der Waals surface area (Å²) in [4.78, 5) is 14.6. The molecule has 0 heterocycles. The predicted octanol–water partition coefficient (Wildman–Crippen LogP) is 2.81. The van der Waals surface area contributed by atoms with E-state index in [1.807, 2.05) is 44.0 Å².